The predicted molar refractivity (Wildman–Crippen MR) is 224 cm³/mol. The van der Waals surface area contributed by atoms with E-state index in [0.29, 0.717) is 5.82 Å². The maximum Gasteiger partial charge on any atom is 0.160 e. The molecular formula is C52H35N3. The van der Waals surface area contributed by atoms with Crippen LogP contribution in [0.5, 0.6) is 0 Å². The molecule has 2 heterocycles. The fourth-order valence-corrected chi connectivity index (χ4v) is 8.26. The van der Waals surface area contributed by atoms with E-state index >= 15 is 0 Å². The minimum Gasteiger partial charge on any atom is -0.256 e. The van der Waals surface area contributed by atoms with Gasteiger partial charge < -0.3 is 0 Å². The van der Waals surface area contributed by atoms with Gasteiger partial charge in [-0.1, -0.05) is 182 Å². The van der Waals surface area contributed by atoms with Crippen LogP contribution in [0.3, 0.4) is 0 Å². The Kier molecular flexibility index (Phi) is 8.04. The Hall–Kier alpha value is -7.23. The van der Waals surface area contributed by atoms with E-state index in [2.05, 4.69) is 175 Å². The lowest BCUT2D eigenvalue weighted by atomic mass is 9.67. The van der Waals surface area contributed by atoms with Crippen LogP contribution < -0.4 is 0 Å². The van der Waals surface area contributed by atoms with Crippen molar-refractivity contribution in [2.75, 3.05) is 0 Å². The van der Waals surface area contributed by atoms with Crippen molar-refractivity contribution < 1.29 is 0 Å². The Balaban J connectivity index is 1.06. The number of aromatic nitrogens is 3. The molecule has 0 spiro atoms. The highest BCUT2D eigenvalue weighted by molar-refractivity contribution is 5.88. The Morgan fingerprint density at radius 1 is 0.309 bits per heavy atom. The van der Waals surface area contributed by atoms with E-state index in [-0.39, 0.29) is 0 Å². The first-order chi connectivity index (χ1) is 27.3. The molecule has 2 aromatic heterocycles. The summed E-state index contributed by atoms with van der Waals surface area (Å²) in [5.41, 5.74) is 16.4. The summed E-state index contributed by atoms with van der Waals surface area (Å²) in [5, 5.41) is 0. The summed E-state index contributed by atoms with van der Waals surface area (Å²) in [6.07, 6.45) is 1.82. The highest BCUT2D eigenvalue weighted by Gasteiger charge is 2.46. The molecule has 0 saturated heterocycles. The maximum absolute atomic E-state index is 5.10. The summed E-state index contributed by atoms with van der Waals surface area (Å²) in [6.45, 7) is 0. The molecule has 1 aliphatic rings. The van der Waals surface area contributed by atoms with E-state index in [1.807, 2.05) is 42.6 Å². The van der Waals surface area contributed by atoms with Gasteiger partial charge >= 0.3 is 0 Å². The zero-order chi connectivity index (χ0) is 36.6. The number of nitrogens with zero attached hydrogens (tertiary/aromatic N) is 3. The number of rotatable bonds is 7. The molecule has 0 fully saturated rings. The van der Waals surface area contributed by atoms with Gasteiger partial charge in [0.1, 0.15) is 0 Å². The normalized spacial score (nSPS) is 12.5. The largest absolute Gasteiger partial charge is 0.256 e. The van der Waals surface area contributed by atoms with E-state index in [4.69, 9.17) is 9.97 Å². The van der Waals surface area contributed by atoms with Crippen LogP contribution in [-0.2, 0) is 5.41 Å². The molecule has 3 nitrogen and oxygen atoms in total. The van der Waals surface area contributed by atoms with E-state index in [1.54, 1.807) is 0 Å². The zero-order valence-electron chi connectivity index (χ0n) is 30.0. The van der Waals surface area contributed by atoms with Gasteiger partial charge in [-0.25, -0.2) is 9.97 Å². The highest BCUT2D eigenvalue weighted by Crippen LogP contribution is 2.56. The molecular weight excluding hydrogens is 667 g/mol. The van der Waals surface area contributed by atoms with Crippen molar-refractivity contribution in [3.8, 4) is 67.4 Å². The summed E-state index contributed by atoms with van der Waals surface area (Å²) in [5.74, 6) is 0.697. The van der Waals surface area contributed by atoms with Crippen molar-refractivity contribution in [3.05, 3.63) is 235 Å². The average Bonchev–Trinajstić information content (AvgIpc) is 3.58. The van der Waals surface area contributed by atoms with Crippen molar-refractivity contribution in [3.63, 3.8) is 0 Å². The van der Waals surface area contributed by atoms with Gasteiger partial charge in [-0.2, -0.15) is 0 Å². The number of fused-ring (bicyclic) bond motifs is 3. The molecule has 258 valence electrons. The van der Waals surface area contributed by atoms with E-state index < -0.39 is 5.41 Å². The van der Waals surface area contributed by atoms with Gasteiger partial charge in [0.2, 0.25) is 0 Å². The molecule has 7 aromatic carbocycles. The van der Waals surface area contributed by atoms with Crippen LogP contribution in [0.1, 0.15) is 22.3 Å². The minimum absolute atomic E-state index is 0.439. The van der Waals surface area contributed by atoms with Crippen molar-refractivity contribution in [1.29, 1.82) is 0 Å². The topological polar surface area (TPSA) is 38.7 Å². The van der Waals surface area contributed by atoms with Crippen LogP contribution in [0.15, 0.2) is 212 Å². The molecule has 0 radical (unpaired) electrons. The molecule has 0 atom stereocenters. The smallest absolute Gasteiger partial charge is 0.160 e. The molecule has 3 heteroatoms. The van der Waals surface area contributed by atoms with E-state index in [0.717, 1.165) is 44.9 Å². The molecule has 1 aliphatic carbocycles. The molecule has 10 rings (SSSR count). The first-order valence-electron chi connectivity index (χ1n) is 18.7. The van der Waals surface area contributed by atoms with Gasteiger partial charge in [0.25, 0.3) is 0 Å². The van der Waals surface area contributed by atoms with Gasteiger partial charge in [0, 0.05) is 28.5 Å². The van der Waals surface area contributed by atoms with Crippen LogP contribution in [-0.4, -0.2) is 15.0 Å². The third kappa shape index (κ3) is 5.65. The Morgan fingerprint density at radius 2 is 0.800 bits per heavy atom. The Morgan fingerprint density at radius 3 is 1.40 bits per heavy atom. The molecule has 0 aliphatic heterocycles. The number of pyridine rings is 1. The summed E-state index contributed by atoms with van der Waals surface area (Å²) in [6, 6.07) is 73.3. The third-order valence-electron chi connectivity index (χ3n) is 10.9. The van der Waals surface area contributed by atoms with Crippen LogP contribution in [0, 0.1) is 0 Å². The molecule has 0 saturated carbocycles. The van der Waals surface area contributed by atoms with Gasteiger partial charge in [-0.3, -0.25) is 4.98 Å². The van der Waals surface area contributed by atoms with Gasteiger partial charge in [-0.05, 0) is 68.8 Å². The second kappa shape index (κ2) is 13.6. The summed E-state index contributed by atoms with van der Waals surface area (Å²) < 4.78 is 0. The first-order valence-corrected chi connectivity index (χ1v) is 18.7. The first kappa shape index (κ1) is 32.4. The molecule has 9 aromatic rings. The number of hydrogen-bond donors (Lipinski definition) is 0. The van der Waals surface area contributed by atoms with Crippen molar-refractivity contribution in [1.82, 2.24) is 15.0 Å². The lowest BCUT2D eigenvalue weighted by Gasteiger charge is -2.34. The monoisotopic (exact) mass is 701 g/mol. The summed E-state index contributed by atoms with van der Waals surface area (Å²) >= 11 is 0. The van der Waals surface area contributed by atoms with Gasteiger partial charge in [-0.15, -0.1) is 0 Å². The number of benzene rings is 7. The van der Waals surface area contributed by atoms with Crippen LogP contribution in [0.2, 0.25) is 0 Å². The summed E-state index contributed by atoms with van der Waals surface area (Å²) in [7, 11) is 0. The van der Waals surface area contributed by atoms with E-state index in [9.17, 15) is 0 Å². The van der Waals surface area contributed by atoms with Crippen molar-refractivity contribution in [2.24, 2.45) is 0 Å². The molecule has 0 amide bonds. The van der Waals surface area contributed by atoms with Gasteiger partial charge in [0.05, 0.1) is 22.5 Å². The maximum atomic E-state index is 5.10. The van der Waals surface area contributed by atoms with E-state index in [1.165, 1.54) is 38.9 Å². The molecule has 0 bridgehead atoms. The zero-order valence-corrected chi connectivity index (χ0v) is 30.0. The molecule has 0 N–H and O–H groups in total. The third-order valence-corrected chi connectivity index (χ3v) is 10.9. The second-order valence-electron chi connectivity index (χ2n) is 14.0. The quantitative estimate of drug-likeness (QED) is 0.166. The average molecular weight is 702 g/mol. The van der Waals surface area contributed by atoms with Gasteiger partial charge in [0.15, 0.2) is 5.82 Å². The predicted octanol–water partition coefficient (Wildman–Crippen LogP) is 12.6. The second-order valence-corrected chi connectivity index (χ2v) is 14.0. The molecule has 0 unspecified atom stereocenters. The molecule has 55 heavy (non-hydrogen) atoms. The Labute approximate surface area is 321 Å². The fraction of sp³-hybridized carbons (Fsp3) is 0.0192. The lowest BCUT2D eigenvalue weighted by molar-refractivity contribution is 0.769. The lowest BCUT2D eigenvalue weighted by Crippen LogP contribution is -2.28. The van der Waals surface area contributed by atoms with Crippen LogP contribution in [0.25, 0.3) is 67.4 Å². The minimum atomic E-state index is -0.439. The highest BCUT2D eigenvalue weighted by atomic mass is 14.9. The SMILES string of the molecule is c1ccc(-c2nc(-c3ccc(-c4ccc5c(c4)C(c4ccccc4)(c4ccccc4)c4ccccc4-5)cc3)cc(-c3ccc(-c4ccccn4)cc3)n2)cc1. The van der Waals surface area contributed by atoms with Crippen LogP contribution >= 0.6 is 0 Å². The fourth-order valence-electron chi connectivity index (χ4n) is 8.26. The van der Waals surface area contributed by atoms with Crippen molar-refractivity contribution in [2.45, 2.75) is 5.41 Å². The standard InChI is InChI=1S/C52H35N3/c1-4-14-40(15-5-1)51-54-49(35-50(55-51)39-29-27-37(28-30-39)48-22-12-13-33-53-48)38-25-23-36(24-26-38)41-31-32-45-44-20-10-11-21-46(44)52(47(45)34-41,42-16-6-2-7-17-42)43-18-8-3-9-19-43/h1-35H. The number of hydrogen-bond acceptors (Lipinski definition) is 3. The van der Waals surface area contributed by atoms with Crippen LogP contribution in [0.4, 0.5) is 0 Å². The van der Waals surface area contributed by atoms with Crippen molar-refractivity contribution >= 4 is 0 Å². The Bertz CT molecular complexity index is 2720. The summed E-state index contributed by atoms with van der Waals surface area (Å²) in [4.78, 5) is 14.7.